The van der Waals surface area contributed by atoms with E-state index < -0.39 is 11.9 Å². The van der Waals surface area contributed by atoms with Crippen LogP contribution < -0.4 is 9.54 Å². The molecule has 0 radical (unpaired) electrons. The highest BCUT2D eigenvalue weighted by atomic mass is 35.5. The van der Waals surface area contributed by atoms with Crippen LogP contribution >= 0.6 is 34.5 Å². The van der Waals surface area contributed by atoms with Gasteiger partial charge < -0.3 is 14.0 Å². The number of unbranched alkanes of at least 4 members (excludes halogenated alkanes) is 1. The standard InChI is InChI=1S/C22H22Cl2N2O4S/c1-3-5-11-30-15-8-6-7-14(12-15)21(28)25-22-26(13-18(27)29-4-2)20-17(31-22)10-9-16(23)19(20)24/h6-10,12H,3-5,11,13H2,1-2H3. The van der Waals surface area contributed by atoms with E-state index in [0.29, 0.717) is 38.3 Å². The lowest BCUT2D eigenvalue weighted by atomic mass is 10.2. The van der Waals surface area contributed by atoms with E-state index in [1.54, 1.807) is 47.9 Å². The summed E-state index contributed by atoms with van der Waals surface area (Å²) in [6.45, 7) is 4.49. The van der Waals surface area contributed by atoms with Crippen molar-refractivity contribution in [3.63, 3.8) is 0 Å². The Labute approximate surface area is 194 Å². The lowest BCUT2D eigenvalue weighted by Crippen LogP contribution is -2.23. The first-order valence-electron chi connectivity index (χ1n) is 9.89. The number of thiazole rings is 1. The molecule has 3 rings (SSSR count). The maximum absolute atomic E-state index is 12.9. The molecule has 0 spiro atoms. The van der Waals surface area contributed by atoms with Gasteiger partial charge in [0.05, 0.1) is 33.5 Å². The van der Waals surface area contributed by atoms with E-state index in [2.05, 4.69) is 11.9 Å². The highest BCUT2D eigenvalue weighted by Crippen LogP contribution is 2.32. The number of amides is 1. The number of aromatic nitrogens is 1. The zero-order valence-corrected chi connectivity index (χ0v) is 19.5. The normalized spacial score (nSPS) is 11.7. The molecule has 1 aromatic heterocycles. The van der Waals surface area contributed by atoms with Crippen molar-refractivity contribution in [1.82, 2.24) is 4.57 Å². The van der Waals surface area contributed by atoms with Gasteiger partial charge in [-0.2, -0.15) is 4.99 Å². The van der Waals surface area contributed by atoms with Gasteiger partial charge in [-0.1, -0.05) is 53.9 Å². The Morgan fingerprint density at radius 1 is 1.16 bits per heavy atom. The number of nitrogens with zero attached hydrogens (tertiary/aromatic N) is 2. The van der Waals surface area contributed by atoms with Crippen molar-refractivity contribution in [3.8, 4) is 5.75 Å². The van der Waals surface area contributed by atoms with Gasteiger partial charge in [-0.3, -0.25) is 9.59 Å². The Morgan fingerprint density at radius 2 is 1.97 bits per heavy atom. The SMILES string of the molecule is CCCCOc1cccc(C(=O)N=c2sc3ccc(Cl)c(Cl)c3n2CC(=O)OCC)c1. The van der Waals surface area contributed by atoms with Crippen LogP contribution in [0.5, 0.6) is 5.75 Å². The molecule has 9 heteroatoms. The quantitative estimate of drug-likeness (QED) is 0.315. The summed E-state index contributed by atoms with van der Waals surface area (Å²) in [6.07, 6.45) is 1.95. The molecule has 1 amide bonds. The Kier molecular flexibility index (Phi) is 8.12. The van der Waals surface area contributed by atoms with Gasteiger partial charge in [0, 0.05) is 5.56 Å². The van der Waals surface area contributed by atoms with Gasteiger partial charge >= 0.3 is 5.97 Å². The van der Waals surface area contributed by atoms with Crippen molar-refractivity contribution >= 4 is 56.6 Å². The van der Waals surface area contributed by atoms with Crippen molar-refractivity contribution in [1.29, 1.82) is 0 Å². The number of halogens is 2. The maximum Gasteiger partial charge on any atom is 0.326 e. The maximum atomic E-state index is 12.9. The van der Waals surface area contributed by atoms with Gasteiger partial charge in [-0.05, 0) is 43.7 Å². The molecule has 0 aliphatic heterocycles. The molecule has 6 nitrogen and oxygen atoms in total. The molecule has 0 aliphatic carbocycles. The molecule has 2 aromatic carbocycles. The summed E-state index contributed by atoms with van der Waals surface area (Å²) in [4.78, 5) is 29.6. The zero-order chi connectivity index (χ0) is 22.4. The number of hydrogen-bond donors (Lipinski definition) is 0. The summed E-state index contributed by atoms with van der Waals surface area (Å²) in [6, 6.07) is 10.3. The number of rotatable bonds is 8. The molecule has 0 unspecified atom stereocenters. The minimum Gasteiger partial charge on any atom is -0.494 e. The van der Waals surface area contributed by atoms with E-state index >= 15 is 0 Å². The second-order valence-electron chi connectivity index (χ2n) is 6.63. The van der Waals surface area contributed by atoms with Crippen LogP contribution in [-0.4, -0.2) is 29.7 Å². The molecule has 0 N–H and O–H groups in total. The monoisotopic (exact) mass is 480 g/mol. The van der Waals surface area contributed by atoms with Crippen LogP contribution in [0, 0.1) is 0 Å². The number of carbonyl (C=O) groups excluding carboxylic acids is 2. The summed E-state index contributed by atoms with van der Waals surface area (Å²) in [7, 11) is 0. The van der Waals surface area contributed by atoms with Gasteiger partial charge in [-0.25, -0.2) is 0 Å². The van der Waals surface area contributed by atoms with Crippen LogP contribution in [0.25, 0.3) is 10.2 Å². The number of benzene rings is 2. The van der Waals surface area contributed by atoms with Crippen LogP contribution in [-0.2, 0) is 16.1 Å². The molecule has 0 atom stereocenters. The smallest absolute Gasteiger partial charge is 0.326 e. The minimum absolute atomic E-state index is 0.139. The molecule has 0 bridgehead atoms. The summed E-state index contributed by atoms with van der Waals surface area (Å²) in [5.74, 6) is -0.300. The molecule has 31 heavy (non-hydrogen) atoms. The minimum atomic E-state index is -0.460. The highest BCUT2D eigenvalue weighted by Gasteiger charge is 2.17. The lowest BCUT2D eigenvalue weighted by molar-refractivity contribution is -0.143. The van der Waals surface area contributed by atoms with Crippen molar-refractivity contribution in [3.05, 3.63) is 56.8 Å². The van der Waals surface area contributed by atoms with Crippen LogP contribution in [0.3, 0.4) is 0 Å². The van der Waals surface area contributed by atoms with E-state index in [-0.39, 0.29) is 13.2 Å². The van der Waals surface area contributed by atoms with Crippen molar-refractivity contribution in [2.24, 2.45) is 4.99 Å². The average molecular weight is 481 g/mol. The Bertz CT molecular complexity index is 1170. The summed E-state index contributed by atoms with van der Waals surface area (Å²) >= 11 is 13.8. The zero-order valence-electron chi connectivity index (χ0n) is 17.2. The molecular weight excluding hydrogens is 459 g/mol. The molecule has 1 heterocycles. The van der Waals surface area contributed by atoms with Crippen molar-refractivity contribution in [2.45, 2.75) is 33.2 Å². The van der Waals surface area contributed by atoms with Gasteiger partial charge in [0.15, 0.2) is 4.80 Å². The van der Waals surface area contributed by atoms with E-state index in [0.717, 1.165) is 17.5 Å². The molecular formula is C22H22Cl2N2O4S. The third kappa shape index (κ3) is 5.67. The van der Waals surface area contributed by atoms with Gasteiger partial charge in [0.2, 0.25) is 0 Å². The molecule has 164 valence electrons. The second kappa shape index (κ2) is 10.8. The predicted octanol–water partition coefficient (Wildman–Crippen LogP) is 5.49. The first-order valence-corrected chi connectivity index (χ1v) is 11.5. The number of carbonyl (C=O) groups is 2. The van der Waals surface area contributed by atoms with Gasteiger partial charge in [0.1, 0.15) is 12.3 Å². The fourth-order valence-electron chi connectivity index (χ4n) is 2.88. The number of ether oxygens (including phenoxy) is 2. The van der Waals surface area contributed by atoms with Crippen LogP contribution in [0.15, 0.2) is 41.4 Å². The lowest BCUT2D eigenvalue weighted by Gasteiger charge is -2.07. The largest absolute Gasteiger partial charge is 0.494 e. The molecule has 0 aliphatic rings. The summed E-state index contributed by atoms with van der Waals surface area (Å²) in [5.41, 5.74) is 0.925. The summed E-state index contributed by atoms with van der Waals surface area (Å²) in [5, 5.41) is 0.638. The van der Waals surface area contributed by atoms with Crippen LogP contribution in [0.2, 0.25) is 10.0 Å². The van der Waals surface area contributed by atoms with Crippen molar-refractivity contribution in [2.75, 3.05) is 13.2 Å². The van der Waals surface area contributed by atoms with Crippen LogP contribution in [0.4, 0.5) is 0 Å². The Morgan fingerprint density at radius 3 is 2.71 bits per heavy atom. The van der Waals surface area contributed by atoms with Gasteiger partial charge in [-0.15, -0.1) is 0 Å². The third-order valence-corrected chi connectivity index (χ3v) is 6.21. The number of fused-ring (bicyclic) bond motifs is 1. The van der Waals surface area contributed by atoms with E-state index in [1.165, 1.54) is 11.3 Å². The first-order chi connectivity index (χ1) is 14.9. The number of hydrogen-bond acceptors (Lipinski definition) is 5. The number of esters is 1. The average Bonchev–Trinajstić information content (AvgIpc) is 3.09. The molecule has 0 fully saturated rings. The summed E-state index contributed by atoms with van der Waals surface area (Å²) < 4.78 is 13.1. The fraction of sp³-hybridized carbons (Fsp3) is 0.318. The second-order valence-corrected chi connectivity index (χ2v) is 8.42. The van der Waals surface area contributed by atoms with E-state index in [4.69, 9.17) is 32.7 Å². The van der Waals surface area contributed by atoms with E-state index in [9.17, 15) is 9.59 Å². The van der Waals surface area contributed by atoms with Crippen LogP contribution in [0.1, 0.15) is 37.0 Å². The van der Waals surface area contributed by atoms with Gasteiger partial charge in [0.25, 0.3) is 5.91 Å². The molecule has 0 saturated carbocycles. The first kappa shape index (κ1) is 23.3. The predicted molar refractivity (Wildman–Crippen MR) is 123 cm³/mol. The van der Waals surface area contributed by atoms with E-state index in [1.807, 2.05) is 0 Å². The fourth-order valence-corrected chi connectivity index (χ4v) is 4.39. The topological polar surface area (TPSA) is 69.9 Å². The Balaban J connectivity index is 2.03. The third-order valence-electron chi connectivity index (χ3n) is 4.37. The van der Waals surface area contributed by atoms with Crippen molar-refractivity contribution < 1.29 is 19.1 Å². The Hall–Kier alpha value is -2.35. The highest BCUT2D eigenvalue weighted by molar-refractivity contribution is 7.16. The molecule has 3 aromatic rings. The molecule has 0 saturated heterocycles.